The highest BCUT2D eigenvalue weighted by atomic mass is 32.2. The zero-order chi connectivity index (χ0) is 19.1. The van der Waals surface area contributed by atoms with E-state index in [0.717, 1.165) is 16.3 Å². The van der Waals surface area contributed by atoms with Crippen molar-refractivity contribution in [1.82, 2.24) is 15.2 Å². The van der Waals surface area contributed by atoms with E-state index >= 15 is 0 Å². The number of carbonyl (C=O) groups excluding carboxylic acids is 1. The quantitative estimate of drug-likeness (QED) is 0.570. The van der Waals surface area contributed by atoms with Crippen LogP contribution in [0, 0.1) is 0 Å². The molecule has 0 spiro atoms. The summed E-state index contributed by atoms with van der Waals surface area (Å²) >= 11 is 3.23. The van der Waals surface area contributed by atoms with Crippen LogP contribution in [0.1, 0.15) is 27.7 Å². The lowest BCUT2D eigenvalue weighted by Gasteiger charge is -2.25. The van der Waals surface area contributed by atoms with Crippen molar-refractivity contribution in [2.24, 2.45) is 0 Å². The fourth-order valence-electron chi connectivity index (χ4n) is 2.80. The van der Waals surface area contributed by atoms with E-state index in [-0.39, 0.29) is 11.9 Å². The summed E-state index contributed by atoms with van der Waals surface area (Å²) in [5, 5.41) is 5.14. The fourth-order valence-corrected chi connectivity index (χ4v) is 4.42. The fraction of sp³-hybridized carbons (Fsp3) is 0.238. The zero-order valence-electron chi connectivity index (χ0n) is 15.5. The number of carbonyl (C=O) groups is 1. The van der Waals surface area contributed by atoms with Gasteiger partial charge in [0.05, 0.1) is 22.8 Å². The minimum atomic E-state index is -0.0424. The second-order valence-electron chi connectivity index (χ2n) is 6.36. The smallest absolute Gasteiger partial charge is 0.252 e. The third kappa shape index (κ3) is 5.42. The number of amides is 1. The number of hydrogen-bond donors (Lipinski definition) is 1. The molecule has 4 nitrogen and oxygen atoms in total. The molecule has 6 heteroatoms. The Bertz CT molecular complexity index is 851. The van der Waals surface area contributed by atoms with Gasteiger partial charge in [-0.15, -0.1) is 23.1 Å². The van der Waals surface area contributed by atoms with Crippen LogP contribution in [0.3, 0.4) is 0 Å². The van der Waals surface area contributed by atoms with Gasteiger partial charge in [-0.1, -0.05) is 42.5 Å². The molecular weight excluding hydrogens is 374 g/mol. The lowest BCUT2D eigenvalue weighted by atomic mass is 10.1. The Balaban J connectivity index is 1.67. The number of nitrogens with one attached hydrogen (secondary N) is 1. The Hall–Kier alpha value is -2.15. The summed E-state index contributed by atoms with van der Waals surface area (Å²) in [4.78, 5) is 20.2. The highest BCUT2D eigenvalue weighted by Gasteiger charge is 2.17. The van der Waals surface area contributed by atoms with Crippen LogP contribution in [0.15, 0.2) is 70.4 Å². The Labute approximate surface area is 168 Å². The molecule has 0 aliphatic carbocycles. The molecule has 1 aromatic heterocycles. The first kappa shape index (κ1) is 19.6. The Kier molecular flexibility index (Phi) is 7.04. The molecule has 3 rings (SSSR count). The van der Waals surface area contributed by atoms with E-state index in [4.69, 9.17) is 0 Å². The zero-order valence-corrected chi connectivity index (χ0v) is 17.1. The first-order valence-electron chi connectivity index (χ1n) is 8.73. The predicted molar refractivity (Wildman–Crippen MR) is 113 cm³/mol. The molecule has 0 bridgehead atoms. The number of thiazole rings is 1. The van der Waals surface area contributed by atoms with E-state index in [1.807, 2.05) is 67.5 Å². The first-order chi connectivity index (χ1) is 13.1. The molecule has 0 saturated heterocycles. The summed E-state index contributed by atoms with van der Waals surface area (Å²) < 4.78 is 0. The van der Waals surface area contributed by atoms with Gasteiger partial charge < -0.3 is 10.2 Å². The highest BCUT2D eigenvalue weighted by Crippen LogP contribution is 2.26. The summed E-state index contributed by atoms with van der Waals surface area (Å²) in [7, 11) is 4.06. The van der Waals surface area contributed by atoms with E-state index in [9.17, 15) is 4.79 Å². The number of nitrogens with zero attached hydrogens (tertiary/aromatic N) is 2. The molecule has 0 unspecified atom stereocenters. The SMILES string of the molecule is CN(C)[C@@H](CNC(=O)c1ccccc1SCc1cscn1)c1ccccc1. The summed E-state index contributed by atoms with van der Waals surface area (Å²) in [6.45, 7) is 0.556. The van der Waals surface area contributed by atoms with Crippen molar-refractivity contribution >= 4 is 29.0 Å². The molecule has 140 valence electrons. The molecule has 1 heterocycles. The van der Waals surface area contributed by atoms with Crippen LogP contribution < -0.4 is 5.32 Å². The van der Waals surface area contributed by atoms with E-state index in [0.29, 0.717) is 12.1 Å². The third-order valence-corrected chi connectivity index (χ3v) is 6.00. The number of rotatable bonds is 8. The van der Waals surface area contributed by atoms with Gasteiger partial charge in [0.1, 0.15) is 0 Å². The minimum absolute atomic E-state index is 0.0424. The van der Waals surface area contributed by atoms with E-state index < -0.39 is 0 Å². The molecule has 1 N–H and O–H groups in total. The molecule has 1 amide bonds. The molecule has 27 heavy (non-hydrogen) atoms. The van der Waals surface area contributed by atoms with Crippen LogP contribution in [0.25, 0.3) is 0 Å². The molecule has 0 radical (unpaired) electrons. The summed E-state index contributed by atoms with van der Waals surface area (Å²) in [6, 6.07) is 18.1. The van der Waals surface area contributed by atoms with Crippen LogP contribution in [-0.4, -0.2) is 36.4 Å². The predicted octanol–water partition coefficient (Wildman–Crippen LogP) is 4.47. The van der Waals surface area contributed by atoms with Crippen LogP contribution >= 0.6 is 23.1 Å². The maximum Gasteiger partial charge on any atom is 0.252 e. The Morgan fingerprint density at radius 3 is 2.59 bits per heavy atom. The third-order valence-electron chi connectivity index (χ3n) is 4.25. The number of aromatic nitrogens is 1. The van der Waals surface area contributed by atoms with Crippen molar-refractivity contribution in [3.05, 3.63) is 82.3 Å². The van der Waals surface area contributed by atoms with Gasteiger partial charge in [0.25, 0.3) is 5.91 Å². The molecule has 3 aromatic rings. The average Bonchev–Trinajstić information content (AvgIpc) is 3.21. The van der Waals surface area contributed by atoms with E-state index in [1.165, 1.54) is 5.56 Å². The summed E-state index contributed by atoms with van der Waals surface area (Å²) in [5.41, 5.74) is 4.77. The minimum Gasteiger partial charge on any atom is -0.350 e. The van der Waals surface area contributed by atoms with Crippen molar-refractivity contribution in [1.29, 1.82) is 0 Å². The topological polar surface area (TPSA) is 45.2 Å². The second-order valence-corrected chi connectivity index (χ2v) is 8.10. The van der Waals surface area contributed by atoms with Gasteiger partial charge >= 0.3 is 0 Å². The molecule has 1 atom stereocenters. The first-order valence-corrected chi connectivity index (χ1v) is 10.7. The van der Waals surface area contributed by atoms with Gasteiger partial charge in [-0.3, -0.25) is 4.79 Å². The van der Waals surface area contributed by atoms with Crippen LogP contribution in [0.4, 0.5) is 0 Å². The monoisotopic (exact) mass is 397 g/mol. The number of benzene rings is 2. The molecule has 0 aliphatic heterocycles. The molecule has 0 saturated carbocycles. The molecule has 0 fully saturated rings. The Morgan fingerprint density at radius 1 is 1.15 bits per heavy atom. The van der Waals surface area contributed by atoms with Gasteiger partial charge in [-0.05, 0) is 31.8 Å². The van der Waals surface area contributed by atoms with Gasteiger partial charge in [0, 0.05) is 22.6 Å². The second kappa shape index (κ2) is 9.69. The number of thioether (sulfide) groups is 1. The van der Waals surface area contributed by atoms with Gasteiger partial charge in [-0.25, -0.2) is 4.98 Å². The largest absolute Gasteiger partial charge is 0.350 e. The molecule has 2 aromatic carbocycles. The summed E-state index contributed by atoms with van der Waals surface area (Å²) in [5.74, 6) is 0.720. The Morgan fingerprint density at radius 2 is 1.89 bits per heavy atom. The van der Waals surface area contributed by atoms with Crippen molar-refractivity contribution in [3.8, 4) is 0 Å². The lowest BCUT2D eigenvalue weighted by molar-refractivity contribution is 0.0939. The number of hydrogen-bond acceptors (Lipinski definition) is 5. The lowest BCUT2D eigenvalue weighted by Crippen LogP contribution is -2.34. The number of likely N-dealkylation sites (N-methyl/N-ethyl adjacent to an activating group) is 1. The maximum atomic E-state index is 12.8. The van der Waals surface area contributed by atoms with E-state index in [1.54, 1.807) is 23.1 Å². The van der Waals surface area contributed by atoms with Gasteiger partial charge in [0.15, 0.2) is 0 Å². The van der Waals surface area contributed by atoms with Crippen molar-refractivity contribution in [2.45, 2.75) is 16.7 Å². The normalized spacial score (nSPS) is 12.1. The van der Waals surface area contributed by atoms with Crippen LogP contribution in [0.5, 0.6) is 0 Å². The standard InChI is InChI=1S/C21H23N3OS2/c1-24(2)19(16-8-4-3-5-9-16)12-22-21(25)18-10-6-7-11-20(18)27-14-17-13-26-15-23-17/h3-11,13,15,19H,12,14H2,1-2H3,(H,22,25)/t19-/m0/s1. The highest BCUT2D eigenvalue weighted by molar-refractivity contribution is 7.98. The van der Waals surface area contributed by atoms with Crippen molar-refractivity contribution in [3.63, 3.8) is 0 Å². The van der Waals surface area contributed by atoms with Gasteiger partial charge in [-0.2, -0.15) is 0 Å². The van der Waals surface area contributed by atoms with Crippen molar-refractivity contribution < 1.29 is 4.79 Å². The molecular formula is C21H23N3OS2. The van der Waals surface area contributed by atoms with Crippen LogP contribution in [-0.2, 0) is 5.75 Å². The van der Waals surface area contributed by atoms with Crippen molar-refractivity contribution in [2.75, 3.05) is 20.6 Å². The van der Waals surface area contributed by atoms with Gasteiger partial charge in [0.2, 0.25) is 0 Å². The van der Waals surface area contributed by atoms with E-state index in [2.05, 4.69) is 27.3 Å². The van der Waals surface area contributed by atoms with Crippen LogP contribution in [0.2, 0.25) is 0 Å². The molecule has 0 aliphatic rings. The maximum absolute atomic E-state index is 12.8. The average molecular weight is 398 g/mol. The summed E-state index contributed by atoms with van der Waals surface area (Å²) in [6.07, 6.45) is 0.